The molecule has 0 bridgehead atoms. The van der Waals surface area contributed by atoms with Crippen LogP contribution in [-0.4, -0.2) is 51.8 Å². The van der Waals surface area contributed by atoms with E-state index in [2.05, 4.69) is 36.6 Å². The Labute approximate surface area is 226 Å². The number of likely N-dealkylation sites (N-methyl/N-ethyl adjacent to an activating group) is 1. The normalized spacial score (nSPS) is 32.3. The van der Waals surface area contributed by atoms with Crippen LogP contribution in [0.2, 0.25) is 0 Å². The number of benzene rings is 2. The Morgan fingerprint density at radius 3 is 2.53 bits per heavy atom. The van der Waals surface area contributed by atoms with Crippen molar-refractivity contribution < 1.29 is 22.4 Å². The van der Waals surface area contributed by atoms with Gasteiger partial charge < -0.3 is 18.9 Å². The molecular weight excluding hydrogens is 500 g/mol. The van der Waals surface area contributed by atoms with Crippen LogP contribution < -0.4 is 14.1 Å². The van der Waals surface area contributed by atoms with Gasteiger partial charge in [0, 0.05) is 12.5 Å². The van der Waals surface area contributed by atoms with E-state index in [9.17, 15) is 13.5 Å². The van der Waals surface area contributed by atoms with Crippen LogP contribution in [0.5, 0.6) is 11.5 Å². The molecule has 0 amide bonds. The SMILES string of the molecule is C=C[C@@]12CCc3cc(OS(N)(=O)=O)ccc3C1[C@@H](c1ccc(OCCN(C)C)cc1)C[C@@]1(C)C2CC[C@@H]1O. The van der Waals surface area contributed by atoms with Crippen molar-refractivity contribution in [2.24, 2.45) is 21.9 Å². The predicted molar refractivity (Wildman–Crippen MR) is 149 cm³/mol. The number of hydrogen-bond acceptors (Lipinski definition) is 6. The van der Waals surface area contributed by atoms with Gasteiger partial charge in [-0.3, -0.25) is 0 Å². The van der Waals surface area contributed by atoms with Crippen LogP contribution in [-0.2, 0) is 16.7 Å². The summed E-state index contributed by atoms with van der Waals surface area (Å²) in [5.74, 6) is 1.72. The highest BCUT2D eigenvalue weighted by molar-refractivity contribution is 7.84. The molecule has 2 aromatic rings. The molecule has 38 heavy (non-hydrogen) atoms. The van der Waals surface area contributed by atoms with Crippen molar-refractivity contribution in [3.05, 3.63) is 71.8 Å². The zero-order valence-corrected chi connectivity index (χ0v) is 23.4. The average molecular weight is 541 g/mol. The maximum absolute atomic E-state index is 11.6. The first-order chi connectivity index (χ1) is 18.0. The van der Waals surface area contributed by atoms with E-state index in [1.165, 1.54) is 11.1 Å². The zero-order chi connectivity index (χ0) is 27.3. The summed E-state index contributed by atoms with van der Waals surface area (Å²) < 4.78 is 34.1. The molecule has 0 saturated heterocycles. The number of allylic oxidation sites excluding steroid dienone is 1. The van der Waals surface area contributed by atoms with Gasteiger partial charge in [0.2, 0.25) is 0 Å². The van der Waals surface area contributed by atoms with Crippen molar-refractivity contribution in [3.63, 3.8) is 0 Å². The molecule has 5 rings (SSSR count). The lowest BCUT2D eigenvalue weighted by atomic mass is 9.44. The number of fused-ring (bicyclic) bond motifs is 5. The Morgan fingerprint density at radius 1 is 1.16 bits per heavy atom. The molecule has 206 valence electrons. The molecule has 0 aliphatic heterocycles. The first-order valence-electron chi connectivity index (χ1n) is 13.5. The first kappa shape index (κ1) is 27.2. The summed E-state index contributed by atoms with van der Waals surface area (Å²) >= 11 is 0. The molecule has 2 fully saturated rings. The second-order valence-corrected chi connectivity index (χ2v) is 13.1. The van der Waals surface area contributed by atoms with Gasteiger partial charge in [0.25, 0.3) is 0 Å². The molecule has 7 nitrogen and oxygen atoms in total. The minimum absolute atomic E-state index is 0.149. The van der Waals surface area contributed by atoms with Gasteiger partial charge in [-0.1, -0.05) is 31.2 Å². The van der Waals surface area contributed by atoms with Gasteiger partial charge in [0.05, 0.1) is 6.10 Å². The molecule has 6 atom stereocenters. The fraction of sp³-hybridized carbons (Fsp3) is 0.533. The lowest BCUT2D eigenvalue weighted by Gasteiger charge is -2.60. The summed E-state index contributed by atoms with van der Waals surface area (Å²) in [4.78, 5) is 2.09. The first-order valence-corrected chi connectivity index (χ1v) is 15.0. The smallest absolute Gasteiger partial charge is 0.380 e. The topological polar surface area (TPSA) is 102 Å². The van der Waals surface area contributed by atoms with E-state index in [4.69, 9.17) is 14.1 Å². The summed E-state index contributed by atoms with van der Waals surface area (Å²) in [5.41, 5.74) is 3.13. The van der Waals surface area contributed by atoms with Gasteiger partial charge in [0.15, 0.2) is 0 Å². The Balaban J connectivity index is 1.56. The van der Waals surface area contributed by atoms with Gasteiger partial charge in [0.1, 0.15) is 18.1 Å². The number of ether oxygens (including phenoxy) is 1. The van der Waals surface area contributed by atoms with Crippen LogP contribution in [0.4, 0.5) is 0 Å². The average Bonchev–Trinajstić information content (AvgIpc) is 3.17. The van der Waals surface area contributed by atoms with Gasteiger partial charge in [-0.15, -0.1) is 6.58 Å². The lowest BCUT2D eigenvalue weighted by Crippen LogP contribution is -2.53. The fourth-order valence-electron chi connectivity index (χ4n) is 7.87. The molecule has 0 radical (unpaired) electrons. The van der Waals surface area contributed by atoms with Crippen LogP contribution in [0.15, 0.2) is 55.1 Å². The van der Waals surface area contributed by atoms with Crippen molar-refractivity contribution in [1.29, 1.82) is 0 Å². The molecule has 0 heterocycles. The predicted octanol–water partition coefficient (Wildman–Crippen LogP) is 4.38. The monoisotopic (exact) mass is 540 g/mol. The Bertz CT molecular complexity index is 1290. The summed E-state index contributed by atoms with van der Waals surface area (Å²) in [7, 11) is -0.0447. The molecule has 2 saturated carbocycles. The minimum atomic E-state index is -4.10. The number of aliphatic hydroxyl groups excluding tert-OH is 1. The Morgan fingerprint density at radius 2 is 1.87 bits per heavy atom. The fourth-order valence-corrected chi connectivity index (χ4v) is 8.25. The number of rotatable bonds is 8. The molecule has 8 heteroatoms. The van der Waals surface area contributed by atoms with Crippen LogP contribution in [0, 0.1) is 16.7 Å². The summed E-state index contributed by atoms with van der Waals surface area (Å²) in [6, 6.07) is 14.0. The molecular formula is C30H40N2O5S. The molecule has 3 aliphatic rings. The third kappa shape index (κ3) is 4.76. The van der Waals surface area contributed by atoms with Crippen LogP contribution in [0.1, 0.15) is 61.1 Å². The molecule has 2 unspecified atom stereocenters. The third-order valence-electron chi connectivity index (χ3n) is 9.56. The van der Waals surface area contributed by atoms with Gasteiger partial charge >= 0.3 is 10.3 Å². The highest BCUT2D eigenvalue weighted by Crippen LogP contribution is 2.71. The Kier molecular flexibility index (Phi) is 7.14. The van der Waals surface area contributed by atoms with E-state index in [-0.39, 0.29) is 34.5 Å². The van der Waals surface area contributed by atoms with Crippen molar-refractivity contribution in [1.82, 2.24) is 4.90 Å². The van der Waals surface area contributed by atoms with Crippen molar-refractivity contribution in [2.75, 3.05) is 27.2 Å². The highest BCUT2D eigenvalue weighted by atomic mass is 32.2. The second kappa shape index (κ2) is 9.97. The van der Waals surface area contributed by atoms with Crippen molar-refractivity contribution in [2.45, 2.75) is 57.0 Å². The molecule has 3 aliphatic carbocycles. The summed E-state index contributed by atoms with van der Waals surface area (Å²) in [6.45, 7) is 8.12. The third-order valence-corrected chi connectivity index (χ3v) is 9.99. The lowest BCUT2D eigenvalue weighted by molar-refractivity contribution is -0.0630. The number of nitrogens with zero attached hydrogens (tertiary/aromatic N) is 1. The van der Waals surface area contributed by atoms with Gasteiger partial charge in [-0.25, -0.2) is 0 Å². The van der Waals surface area contributed by atoms with Crippen LogP contribution in [0.3, 0.4) is 0 Å². The van der Waals surface area contributed by atoms with Gasteiger partial charge in [-0.2, -0.15) is 13.6 Å². The molecule has 2 aromatic carbocycles. The summed E-state index contributed by atoms with van der Waals surface area (Å²) in [6.07, 6.45) is 6.16. The Hall–Kier alpha value is -2.39. The minimum Gasteiger partial charge on any atom is -0.492 e. The van der Waals surface area contributed by atoms with E-state index in [1.54, 1.807) is 6.07 Å². The van der Waals surface area contributed by atoms with E-state index < -0.39 is 10.3 Å². The van der Waals surface area contributed by atoms with Crippen LogP contribution >= 0.6 is 0 Å². The maximum Gasteiger partial charge on any atom is 0.380 e. The van der Waals surface area contributed by atoms with Crippen molar-refractivity contribution >= 4 is 10.3 Å². The maximum atomic E-state index is 11.6. The van der Waals surface area contributed by atoms with Gasteiger partial charge in [-0.05, 0) is 110 Å². The molecule has 0 aromatic heterocycles. The van der Waals surface area contributed by atoms with Crippen LogP contribution in [0.25, 0.3) is 0 Å². The highest BCUT2D eigenvalue weighted by Gasteiger charge is 2.63. The molecule has 0 spiro atoms. The van der Waals surface area contributed by atoms with Crippen molar-refractivity contribution in [3.8, 4) is 11.5 Å². The second-order valence-electron chi connectivity index (χ2n) is 11.9. The largest absolute Gasteiger partial charge is 0.492 e. The van der Waals surface area contributed by atoms with E-state index in [0.29, 0.717) is 12.5 Å². The number of nitrogens with two attached hydrogens (primary N) is 1. The standard InChI is InChI=1S/C30H40N2O5S/c1-5-30-15-14-21-18-23(37-38(31,34)35)10-11-24(21)28(30)25(19-29(2)26(30)12-13-27(29)33)20-6-8-22(9-7-20)36-17-16-32(3)4/h5-11,18,25-28,33H,1,12-17,19H2,2-4H3,(H2,31,34,35)/t25-,26?,27+,28?,29+,30+/m1/s1. The number of aliphatic hydroxyl groups is 1. The number of aryl methyl sites for hydroxylation is 1. The van der Waals surface area contributed by atoms with E-state index in [0.717, 1.165) is 50.0 Å². The summed E-state index contributed by atoms with van der Waals surface area (Å²) in [5, 5.41) is 16.4. The van der Waals surface area contributed by atoms with E-state index >= 15 is 0 Å². The number of hydrogen-bond donors (Lipinski definition) is 2. The quantitative estimate of drug-likeness (QED) is 0.482. The van der Waals surface area contributed by atoms with E-state index in [1.807, 2.05) is 38.4 Å². The zero-order valence-electron chi connectivity index (χ0n) is 22.6. The molecule has 3 N–H and O–H groups in total.